The van der Waals surface area contributed by atoms with E-state index < -0.39 is 0 Å². The van der Waals surface area contributed by atoms with Crippen molar-refractivity contribution in [3.8, 4) is 0 Å². The van der Waals surface area contributed by atoms with Crippen LogP contribution in [0.5, 0.6) is 0 Å². The third-order valence-corrected chi connectivity index (χ3v) is 2.36. The second kappa shape index (κ2) is 5.69. The lowest BCUT2D eigenvalue weighted by atomic mass is 10.3. The van der Waals surface area contributed by atoms with Crippen LogP contribution in [0.15, 0.2) is 16.5 Å². The molecule has 0 fully saturated rings. The molecular weight excluding hydrogens is 218 g/mol. The number of nitrogens with one attached hydrogen (secondary N) is 1. The first-order chi connectivity index (χ1) is 6.72. The van der Waals surface area contributed by atoms with Gasteiger partial charge in [0.25, 0.3) is 0 Å². The number of ether oxygens (including phenoxy) is 1. The molecule has 1 heterocycles. The molecule has 0 unspecified atom stereocenters. The van der Waals surface area contributed by atoms with Crippen molar-refractivity contribution in [3.63, 3.8) is 0 Å². The van der Waals surface area contributed by atoms with Gasteiger partial charge in [-0.15, -0.1) is 11.3 Å². The summed E-state index contributed by atoms with van der Waals surface area (Å²) in [5.74, 6) is 0. The monoisotopic (exact) mass is 229 g/mol. The smallest absolute Gasteiger partial charge is 0.184 e. The Morgan fingerprint density at radius 2 is 2.64 bits per heavy atom. The van der Waals surface area contributed by atoms with Crippen molar-refractivity contribution in [2.75, 3.05) is 7.11 Å². The normalized spacial score (nSPS) is 10.6. The SMILES string of the molecule is COCc1csc(/C=N/NC(N)=S)c1. The van der Waals surface area contributed by atoms with Crippen LogP contribution in [0.3, 0.4) is 0 Å². The molecule has 3 N–H and O–H groups in total. The Morgan fingerprint density at radius 1 is 1.86 bits per heavy atom. The molecule has 1 rings (SSSR count). The van der Waals surface area contributed by atoms with Crippen LogP contribution >= 0.6 is 23.6 Å². The van der Waals surface area contributed by atoms with Gasteiger partial charge >= 0.3 is 0 Å². The van der Waals surface area contributed by atoms with E-state index in [1.807, 2.05) is 11.4 Å². The molecule has 0 amide bonds. The van der Waals surface area contributed by atoms with E-state index in [1.54, 1.807) is 24.7 Å². The lowest BCUT2D eigenvalue weighted by Gasteiger charge is -1.92. The van der Waals surface area contributed by atoms with E-state index in [0.717, 1.165) is 10.4 Å². The quantitative estimate of drug-likeness (QED) is 0.460. The van der Waals surface area contributed by atoms with Gasteiger partial charge in [-0.1, -0.05) is 0 Å². The Morgan fingerprint density at radius 3 is 3.29 bits per heavy atom. The summed E-state index contributed by atoms with van der Waals surface area (Å²) in [5, 5.41) is 6.02. The van der Waals surface area contributed by atoms with Gasteiger partial charge in [0.1, 0.15) is 0 Å². The van der Waals surface area contributed by atoms with Crippen molar-refractivity contribution in [1.82, 2.24) is 5.43 Å². The van der Waals surface area contributed by atoms with Gasteiger partial charge in [-0.05, 0) is 29.2 Å². The molecule has 0 aliphatic heterocycles. The maximum absolute atomic E-state index is 5.20. The number of thiocarbonyl (C=S) groups is 1. The van der Waals surface area contributed by atoms with Crippen LogP contribution in [-0.2, 0) is 11.3 Å². The Hall–Kier alpha value is -0.980. The summed E-state index contributed by atoms with van der Waals surface area (Å²) in [7, 11) is 1.67. The van der Waals surface area contributed by atoms with Crippen molar-refractivity contribution >= 4 is 34.9 Å². The second-order valence-corrected chi connectivity index (χ2v) is 3.91. The summed E-state index contributed by atoms with van der Waals surface area (Å²) in [4.78, 5) is 1.03. The molecule has 0 atom stereocenters. The van der Waals surface area contributed by atoms with Crippen molar-refractivity contribution in [2.24, 2.45) is 10.8 Å². The van der Waals surface area contributed by atoms with Crippen molar-refractivity contribution in [2.45, 2.75) is 6.61 Å². The van der Waals surface area contributed by atoms with Crippen LogP contribution < -0.4 is 11.2 Å². The highest BCUT2D eigenvalue weighted by molar-refractivity contribution is 7.80. The van der Waals surface area contributed by atoms with Gasteiger partial charge in [0, 0.05) is 12.0 Å². The highest BCUT2D eigenvalue weighted by Gasteiger charge is 1.96. The fourth-order valence-electron chi connectivity index (χ4n) is 0.864. The van der Waals surface area contributed by atoms with Gasteiger partial charge in [-0.3, -0.25) is 5.43 Å². The Kier molecular flexibility index (Phi) is 4.51. The van der Waals surface area contributed by atoms with Crippen LogP contribution in [0, 0.1) is 0 Å². The molecule has 76 valence electrons. The van der Waals surface area contributed by atoms with Gasteiger partial charge in [-0.2, -0.15) is 5.10 Å². The lowest BCUT2D eigenvalue weighted by molar-refractivity contribution is 0.185. The summed E-state index contributed by atoms with van der Waals surface area (Å²) in [6.45, 7) is 0.618. The zero-order chi connectivity index (χ0) is 10.4. The summed E-state index contributed by atoms with van der Waals surface area (Å²) in [6, 6.07) is 2.00. The van der Waals surface area contributed by atoms with Crippen LogP contribution in [0.4, 0.5) is 0 Å². The summed E-state index contributed by atoms with van der Waals surface area (Å²) < 4.78 is 4.99. The molecule has 1 aromatic heterocycles. The molecule has 0 aromatic carbocycles. The number of hydrogen-bond acceptors (Lipinski definition) is 4. The number of rotatable bonds is 4. The first-order valence-electron chi connectivity index (χ1n) is 3.87. The minimum atomic E-state index is 0.162. The highest BCUT2D eigenvalue weighted by atomic mass is 32.1. The Labute approximate surface area is 91.8 Å². The molecule has 0 spiro atoms. The topological polar surface area (TPSA) is 59.6 Å². The van der Waals surface area contributed by atoms with E-state index >= 15 is 0 Å². The first kappa shape index (κ1) is 11.1. The fourth-order valence-corrected chi connectivity index (χ4v) is 1.67. The predicted octanol–water partition coefficient (Wildman–Crippen LogP) is 1.06. The van der Waals surface area contributed by atoms with E-state index in [2.05, 4.69) is 22.7 Å². The fraction of sp³-hybridized carbons (Fsp3) is 0.250. The third kappa shape index (κ3) is 3.82. The maximum Gasteiger partial charge on any atom is 0.184 e. The maximum atomic E-state index is 5.20. The summed E-state index contributed by atoms with van der Waals surface area (Å²) >= 11 is 6.18. The van der Waals surface area contributed by atoms with Crippen LogP contribution in [0.25, 0.3) is 0 Å². The summed E-state index contributed by atoms with van der Waals surface area (Å²) in [5.41, 5.74) is 8.82. The van der Waals surface area contributed by atoms with Crippen LogP contribution in [-0.4, -0.2) is 18.4 Å². The van der Waals surface area contributed by atoms with E-state index in [0.29, 0.717) is 6.61 Å². The molecule has 0 saturated heterocycles. The zero-order valence-electron chi connectivity index (χ0n) is 7.69. The molecule has 0 aliphatic carbocycles. The molecule has 0 aliphatic rings. The van der Waals surface area contributed by atoms with Gasteiger partial charge in [0.2, 0.25) is 0 Å². The molecule has 6 heteroatoms. The van der Waals surface area contributed by atoms with Gasteiger partial charge < -0.3 is 10.5 Å². The van der Waals surface area contributed by atoms with Gasteiger partial charge in [0.05, 0.1) is 12.8 Å². The minimum Gasteiger partial charge on any atom is -0.380 e. The predicted molar refractivity (Wildman–Crippen MR) is 62.5 cm³/mol. The minimum absolute atomic E-state index is 0.162. The average molecular weight is 229 g/mol. The zero-order valence-corrected chi connectivity index (χ0v) is 9.32. The number of hydrogen-bond donors (Lipinski definition) is 2. The molecule has 4 nitrogen and oxygen atoms in total. The number of thiophene rings is 1. The standard InChI is InChI=1S/C8H11N3OS2/c1-12-4-6-2-7(14-5-6)3-10-11-8(9)13/h2-3,5H,4H2,1H3,(H3,9,11,13)/b10-3+. The molecule has 0 radical (unpaired) electrons. The molecule has 14 heavy (non-hydrogen) atoms. The summed E-state index contributed by atoms with van der Waals surface area (Å²) in [6.07, 6.45) is 1.67. The van der Waals surface area contributed by atoms with E-state index in [4.69, 9.17) is 10.5 Å². The van der Waals surface area contributed by atoms with Crippen LogP contribution in [0.2, 0.25) is 0 Å². The Balaban J connectivity index is 2.50. The van der Waals surface area contributed by atoms with E-state index in [1.165, 1.54) is 0 Å². The number of nitrogens with two attached hydrogens (primary N) is 1. The number of methoxy groups -OCH3 is 1. The van der Waals surface area contributed by atoms with E-state index in [9.17, 15) is 0 Å². The third-order valence-electron chi connectivity index (χ3n) is 1.35. The largest absolute Gasteiger partial charge is 0.380 e. The van der Waals surface area contributed by atoms with Gasteiger partial charge in [-0.25, -0.2) is 0 Å². The molecular formula is C8H11N3OS2. The highest BCUT2D eigenvalue weighted by Crippen LogP contribution is 2.12. The average Bonchev–Trinajstić information content (AvgIpc) is 2.53. The molecule has 1 aromatic rings. The van der Waals surface area contributed by atoms with Gasteiger partial charge in [0.15, 0.2) is 5.11 Å². The lowest BCUT2D eigenvalue weighted by Crippen LogP contribution is -2.23. The first-order valence-corrected chi connectivity index (χ1v) is 5.16. The van der Waals surface area contributed by atoms with Crippen molar-refractivity contribution in [3.05, 3.63) is 21.9 Å². The van der Waals surface area contributed by atoms with Crippen LogP contribution in [0.1, 0.15) is 10.4 Å². The van der Waals surface area contributed by atoms with Crippen molar-refractivity contribution in [1.29, 1.82) is 0 Å². The second-order valence-electron chi connectivity index (χ2n) is 2.52. The number of hydrazone groups is 1. The van der Waals surface area contributed by atoms with Crippen molar-refractivity contribution < 1.29 is 4.74 Å². The number of nitrogens with zero attached hydrogens (tertiary/aromatic N) is 1. The van der Waals surface area contributed by atoms with E-state index in [-0.39, 0.29) is 5.11 Å². The Bertz CT molecular complexity index is 335. The molecule has 0 bridgehead atoms. The molecule has 0 saturated carbocycles.